The summed E-state index contributed by atoms with van der Waals surface area (Å²) in [6, 6.07) is 21.1. The maximum absolute atomic E-state index is 13.1. The number of carbonyl (C=O) groups is 1. The van der Waals surface area contributed by atoms with Gasteiger partial charge in [-0.2, -0.15) is 0 Å². The molecular weight excluding hydrogens is 360 g/mol. The summed E-state index contributed by atoms with van der Waals surface area (Å²) in [7, 11) is 0. The van der Waals surface area contributed by atoms with Crippen molar-refractivity contribution in [2.75, 3.05) is 6.54 Å². The van der Waals surface area contributed by atoms with Crippen molar-refractivity contribution in [2.24, 2.45) is 0 Å². The van der Waals surface area contributed by atoms with Crippen molar-refractivity contribution in [1.29, 1.82) is 0 Å². The Hall–Kier alpha value is -2.95. The quantitative estimate of drug-likeness (QED) is 0.611. The van der Waals surface area contributed by atoms with Crippen LogP contribution in [0.3, 0.4) is 0 Å². The summed E-state index contributed by atoms with van der Waals surface area (Å²) in [5, 5.41) is 8.36. The number of carbonyl (C=O) groups excluding carboxylic acids is 1. The van der Waals surface area contributed by atoms with E-state index in [1.807, 2.05) is 29.2 Å². The highest BCUT2D eigenvalue weighted by molar-refractivity contribution is 5.92. The smallest absolute Gasteiger partial charge is 0.276 e. The van der Waals surface area contributed by atoms with E-state index in [1.54, 1.807) is 10.9 Å². The first-order valence-electron chi connectivity index (χ1n) is 10.6. The van der Waals surface area contributed by atoms with E-state index in [4.69, 9.17) is 0 Å². The van der Waals surface area contributed by atoms with Crippen LogP contribution < -0.4 is 0 Å². The summed E-state index contributed by atoms with van der Waals surface area (Å²) in [5.41, 5.74) is 3.05. The van der Waals surface area contributed by atoms with Gasteiger partial charge in [0.1, 0.15) is 0 Å². The topological polar surface area (TPSA) is 51.0 Å². The van der Waals surface area contributed by atoms with E-state index < -0.39 is 0 Å². The molecule has 0 aliphatic carbocycles. The Morgan fingerprint density at radius 1 is 0.931 bits per heavy atom. The summed E-state index contributed by atoms with van der Waals surface area (Å²) in [6.07, 6.45) is 8.00. The maximum atomic E-state index is 13.1. The molecule has 5 nitrogen and oxygen atoms in total. The van der Waals surface area contributed by atoms with E-state index in [1.165, 1.54) is 17.5 Å². The average molecular weight is 389 g/mol. The number of nitrogens with zero attached hydrogens (tertiary/aromatic N) is 4. The molecule has 1 fully saturated rings. The normalized spacial score (nSPS) is 16.7. The SMILES string of the molecule is O=C(c1cn(CCc2ccccc2)nn1)N1CCCC[C@H]1CCc1ccccc1. The van der Waals surface area contributed by atoms with Gasteiger partial charge in [0.05, 0.1) is 6.20 Å². The number of piperidine rings is 1. The van der Waals surface area contributed by atoms with Crippen LogP contribution in [-0.4, -0.2) is 38.4 Å². The molecule has 0 bridgehead atoms. The van der Waals surface area contributed by atoms with Gasteiger partial charge in [0, 0.05) is 19.1 Å². The van der Waals surface area contributed by atoms with Crippen LogP contribution in [0.2, 0.25) is 0 Å². The molecule has 29 heavy (non-hydrogen) atoms. The molecule has 0 saturated carbocycles. The number of hydrogen-bond donors (Lipinski definition) is 0. The molecule has 1 aliphatic rings. The molecule has 150 valence electrons. The lowest BCUT2D eigenvalue weighted by Gasteiger charge is -2.35. The van der Waals surface area contributed by atoms with Crippen LogP contribution >= 0.6 is 0 Å². The number of rotatable bonds is 7. The first kappa shape index (κ1) is 19.4. The highest BCUT2D eigenvalue weighted by Gasteiger charge is 2.28. The van der Waals surface area contributed by atoms with E-state index in [-0.39, 0.29) is 11.9 Å². The van der Waals surface area contributed by atoms with Gasteiger partial charge in [-0.3, -0.25) is 9.48 Å². The van der Waals surface area contributed by atoms with Crippen LogP contribution in [0.5, 0.6) is 0 Å². The lowest BCUT2D eigenvalue weighted by molar-refractivity contribution is 0.0595. The Kier molecular flexibility index (Phi) is 6.35. The summed E-state index contributed by atoms with van der Waals surface area (Å²) >= 11 is 0. The Morgan fingerprint density at radius 2 is 1.62 bits per heavy atom. The summed E-state index contributed by atoms with van der Waals surface area (Å²) in [6.45, 7) is 1.54. The van der Waals surface area contributed by atoms with Gasteiger partial charge in [-0.15, -0.1) is 5.10 Å². The molecule has 4 rings (SSSR count). The van der Waals surface area contributed by atoms with Crippen molar-refractivity contribution in [2.45, 2.75) is 51.1 Å². The first-order valence-corrected chi connectivity index (χ1v) is 10.6. The molecule has 1 aliphatic heterocycles. The lowest BCUT2D eigenvalue weighted by atomic mass is 9.95. The number of benzene rings is 2. The Balaban J connectivity index is 1.37. The summed E-state index contributed by atoms with van der Waals surface area (Å²) in [5.74, 6) is 0.0220. The zero-order chi connectivity index (χ0) is 19.9. The van der Waals surface area contributed by atoms with Crippen LogP contribution in [0, 0.1) is 0 Å². The van der Waals surface area contributed by atoms with Crippen LogP contribution in [0.4, 0.5) is 0 Å². The van der Waals surface area contributed by atoms with Gasteiger partial charge in [0.25, 0.3) is 5.91 Å². The highest BCUT2D eigenvalue weighted by Crippen LogP contribution is 2.23. The van der Waals surface area contributed by atoms with Crippen LogP contribution in [-0.2, 0) is 19.4 Å². The number of hydrogen-bond acceptors (Lipinski definition) is 3. The minimum absolute atomic E-state index is 0.0220. The van der Waals surface area contributed by atoms with E-state index >= 15 is 0 Å². The molecule has 2 heterocycles. The Morgan fingerprint density at radius 3 is 2.34 bits per heavy atom. The molecule has 0 radical (unpaired) electrons. The molecule has 2 aromatic carbocycles. The summed E-state index contributed by atoms with van der Waals surface area (Å²) < 4.78 is 1.78. The van der Waals surface area contributed by atoms with E-state index in [0.717, 1.165) is 45.2 Å². The third kappa shape index (κ3) is 5.11. The van der Waals surface area contributed by atoms with E-state index in [2.05, 4.69) is 46.7 Å². The second-order valence-electron chi connectivity index (χ2n) is 7.77. The Labute approximate surface area is 172 Å². The fraction of sp³-hybridized carbons (Fsp3) is 0.375. The van der Waals surface area contributed by atoms with E-state index in [0.29, 0.717) is 5.69 Å². The van der Waals surface area contributed by atoms with Gasteiger partial charge >= 0.3 is 0 Å². The molecule has 0 N–H and O–H groups in total. The molecule has 3 aromatic rings. The molecule has 5 heteroatoms. The molecule has 0 unspecified atom stereocenters. The predicted octanol–water partition coefficient (Wildman–Crippen LogP) is 4.15. The summed E-state index contributed by atoms with van der Waals surface area (Å²) in [4.78, 5) is 15.1. The zero-order valence-electron chi connectivity index (χ0n) is 16.8. The molecule has 1 aromatic heterocycles. The predicted molar refractivity (Wildman–Crippen MR) is 114 cm³/mol. The van der Waals surface area contributed by atoms with Crippen LogP contribution in [0.15, 0.2) is 66.9 Å². The maximum Gasteiger partial charge on any atom is 0.276 e. The number of amides is 1. The van der Waals surface area contributed by atoms with Crippen LogP contribution in [0.1, 0.15) is 47.3 Å². The third-order valence-electron chi connectivity index (χ3n) is 5.73. The standard InChI is InChI=1S/C24H28N4O/c29-24(23-19-27(26-25-23)18-16-21-11-5-2-6-12-21)28-17-8-7-13-22(28)15-14-20-9-3-1-4-10-20/h1-6,9-12,19,22H,7-8,13-18H2/t22-/m0/s1. The monoisotopic (exact) mass is 388 g/mol. The molecule has 1 atom stereocenters. The van der Waals surface area contributed by atoms with Crippen molar-refractivity contribution in [3.05, 3.63) is 83.7 Å². The molecule has 1 saturated heterocycles. The fourth-order valence-electron chi connectivity index (χ4n) is 4.09. The van der Waals surface area contributed by atoms with Crippen molar-refractivity contribution in [1.82, 2.24) is 19.9 Å². The van der Waals surface area contributed by atoms with Gasteiger partial charge in [-0.05, 0) is 49.7 Å². The second-order valence-corrected chi connectivity index (χ2v) is 7.77. The largest absolute Gasteiger partial charge is 0.334 e. The lowest BCUT2D eigenvalue weighted by Crippen LogP contribution is -2.44. The van der Waals surface area contributed by atoms with Gasteiger partial charge < -0.3 is 4.90 Å². The second kappa shape index (κ2) is 9.50. The van der Waals surface area contributed by atoms with Crippen LogP contribution in [0.25, 0.3) is 0 Å². The number of aryl methyl sites for hydroxylation is 3. The van der Waals surface area contributed by atoms with Crippen molar-refractivity contribution in [3.8, 4) is 0 Å². The zero-order valence-corrected chi connectivity index (χ0v) is 16.8. The fourth-order valence-corrected chi connectivity index (χ4v) is 4.09. The third-order valence-corrected chi connectivity index (χ3v) is 5.73. The average Bonchev–Trinajstić information content (AvgIpc) is 3.26. The Bertz CT molecular complexity index is 907. The molecule has 0 spiro atoms. The number of likely N-dealkylation sites (tertiary alicyclic amines) is 1. The molecular formula is C24H28N4O. The van der Waals surface area contributed by atoms with Gasteiger partial charge in [-0.1, -0.05) is 65.9 Å². The minimum Gasteiger partial charge on any atom is -0.334 e. The highest BCUT2D eigenvalue weighted by atomic mass is 16.2. The molecule has 1 amide bonds. The number of aromatic nitrogens is 3. The first-order chi connectivity index (χ1) is 14.3. The van der Waals surface area contributed by atoms with Crippen molar-refractivity contribution >= 4 is 5.91 Å². The van der Waals surface area contributed by atoms with Gasteiger partial charge in [0.15, 0.2) is 5.69 Å². The van der Waals surface area contributed by atoms with Crippen molar-refractivity contribution in [3.63, 3.8) is 0 Å². The minimum atomic E-state index is 0.0220. The van der Waals surface area contributed by atoms with Gasteiger partial charge in [-0.25, -0.2) is 0 Å². The van der Waals surface area contributed by atoms with Gasteiger partial charge in [0.2, 0.25) is 0 Å². The van der Waals surface area contributed by atoms with E-state index in [9.17, 15) is 4.79 Å². The van der Waals surface area contributed by atoms with Crippen molar-refractivity contribution < 1.29 is 4.79 Å².